The molecule has 1 aliphatic rings. The van der Waals surface area contributed by atoms with E-state index in [-0.39, 0.29) is 16.3 Å². The van der Waals surface area contributed by atoms with Gasteiger partial charge in [-0.3, -0.25) is 0 Å². The van der Waals surface area contributed by atoms with Gasteiger partial charge in [0, 0.05) is 12.6 Å². The maximum atomic E-state index is 14.1. The average Bonchev–Trinajstić information content (AvgIpc) is 3.16. The van der Waals surface area contributed by atoms with E-state index in [0.717, 1.165) is 18.5 Å². The lowest BCUT2D eigenvalue weighted by Crippen LogP contribution is -2.39. The van der Waals surface area contributed by atoms with E-state index in [1.807, 2.05) is 12.1 Å². The van der Waals surface area contributed by atoms with Crippen molar-refractivity contribution in [1.82, 2.24) is 5.32 Å². The number of halogens is 2. The highest BCUT2D eigenvalue weighted by Gasteiger charge is 2.32. The summed E-state index contributed by atoms with van der Waals surface area (Å²) in [5.74, 6) is 0.222. The third-order valence-electron chi connectivity index (χ3n) is 4.39. The Bertz CT molecular complexity index is 442. The number of nitrogens with one attached hydrogen (secondary N) is 1. The van der Waals surface area contributed by atoms with Crippen molar-refractivity contribution in [2.45, 2.75) is 46.1 Å². The van der Waals surface area contributed by atoms with Crippen LogP contribution in [-0.2, 0) is 6.42 Å². The van der Waals surface area contributed by atoms with Crippen molar-refractivity contribution in [3.63, 3.8) is 0 Å². The van der Waals surface area contributed by atoms with Crippen LogP contribution >= 0.6 is 11.6 Å². The SMILES string of the molecule is CC(C)C(C)(CNC1CC1)Cc1cccc(Cl)c1F. The van der Waals surface area contributed by atoms with E-state index in [2.05, 4.69) is 26.1 Å². The molecule has 0 saturated heterocycles. The predicted molar refractivity (Wildman–Crippen MR) is 79.1 cm³/mol. The van der Waals surface area contributed by atoms with Crippen LogP contribution in [0.1, 0.15) is 39.2 Å². The molecule has 0 bridgehead atoms. The molecule has 0 spiro atoms. The summed E-state index contributed by atoms with van der Waals surface area (Å²) >= 11 is 5.87. The molecule has 0 aromatic heterocycles. The first-order chi connectivity index (χ1) is 8.92. The van der Waals surface area contributed by atoms with Crippen molar-refractivity contribution >= 4 is 11.6 Å². The minimum atomic E-state index is -0.262. The molecule has 3 heteroatoms. The number of rotatable bonds is 6. The zero-order valence-corrected chi connectivity index (χ0v) is 12.7. The van der Waals surface area contributed by atoms with E-state index in [1.165, 1.54) is 12.8 Å². The van der Waals surface area contributed by atoms with E-state index >= 15 is 0 Å². The summed E-state index contributed by atoms with van der Waals surface area (Å²) in [5.41, 5.74) is 0.773. The average molecular weight is 284 g/mol. The van der Waals surface area contributed by atoms with Gasteiger partial charge in [-0.15, -0.1) is 0 Å². The third kappa shape index (κ3) is 3.70. The van der Waals surface area contributed by atoms with Crippen molar-refractivity contribution in [2.24, 2.45) is 11.3 Å². The highest BCUT2D eigenvalue weighted by Crippen LogP contribution is 2.34. The van der Waals surface area contributed by atoms with Gasteiger partial charge in [-0.1, -0.05) is 44.5 Å². The molecular formula is C16H23ClFN. The van der Waals surface area contributed by atoms with Crippen LogP contribution in [0.25, 0.3) is 0 Å². The van der Waals surface area contributed by atoms with Gasteiger partial charge >= 0.3 is 0 Å². The fourth-order valence-corrected chi connectivity index (χ4v) is 2.45. The van der Waals surface area contributed by atoms with Gasteiger partial charge in [-0.05, 0) is 42.2 Å². The van der Waals surface area contributed by atoms with Gasteiger partial charge in [0.2, 0.25) is 0 Å². The molecule has 0 heterocycles. The maximum absolute atomic E-state index is 14.1. The summed E-state index contributed by atoms with van der Waals surface area (Å²) in [5, 5.41) is 3.80. The second kappa shape index (κ2) is 5.80. The van der Waals surface area contributed by atoms with Crippen LogP contribution in [0.2, 0.25) is 5.02 Å². The highest BCUT2D eigenvalue weighted by molar-refractivity contribution is 6.30. The zero-order valence-electron chi connectivity index (χ0n) is 12.0. The topological polar surface area (TPSA) is 12.0 Å². The highest BCUT2D eigenvalue weighted by atomic mass is 35.5. The van der Waals surface area contributed by atoms with E-state index < -0.39 is 0 Å². The Kier molecular flexibility index (Phi) is 4.52. The number of benzene rings is 1. The van der Waals surface area contributed by atoms with Crippen LogP contribution in [0.4, 0.5) is 4.39 Å². The molecule has 1 aromatic rings. The van der Waals surface area contributed by atoms with Gasteiger partial charge in [0.15, 0.2) is 0 Å². The molecule has 0 amide bonds. The molecule has 1 fully saturated rings. The summed E-state index contributed by atoms with van der Waals surface area (Å²) in [6.45, 7) is 7.57. The molecule has 1 atom stereocenters. The molecule has 106 valence electrons. The first-order valence-electron chi connectivity index (χ1n) is 7.08. The molecule has 0 radical (unpaired) electrons. The first-order valence-corrected chi connectivity index (χ1v) is 7.46. The van der Waals surface area contributed by atoms with Crippen LogP contribution < -0.4 is 5.32 Å². The molecule has 0 aliphatic heterocycles. The van der Waals surface area contributed by atoms with Crippen molar-refractivity contribution in [2.75, 3.05) is 6.54 Å². The molecule has 1 aromatic carbocycles. The van der Waals surface area contributed by atoms with E-state index in [4.69, 9.17) is 11.6 Å². The minimum absolute atomic E-state index is 0.0497. The maximum Gasteiger partial charge on any atom is 0.144 e. The summed E-state index contributed by atoms with van der Waals surface area (Å²) in [6, 6.07) is 5.96. The molecular weight excluding hydrogens is 261 g/mol. The van der Waals surface area contributed by atoms with Gasteiger partial charge in [0.05, 0.1) is 5.02 Å². The fourth-order valence-electron chi connectivity index (χ4n) is 2.26. The standard InChI is InChI=1S/C16H23ClFN/c1-11(2)16(3,10-19-13-7-8-13)9-12-5-4-6-14(17)15(12)18/h4-6,11,13,19H,7-10H2,1-3H3. The van der Waals surface area contributed by atoms with Crippen LogP contribution in [0.5, 0.6) is 0 Å². The van der Waals surface area contributed by atoms with E-state index in [9.17, 15) is 4.39 Å². The molecule has 1 nitrogen and oxygen atoms in total. The zero-order chi connectivity index (χ0) is 14.0. The molecule has 2 rings (SSSR count). The second-order valence-electron chi connectivity index (χ2n) is 6.35. The fraction of sp³-hybridized carbons (Fsp3) is 0.625. The molecule has 1 N–H and O–H groups in total. The quantitative estimate of drug-likeness (QED) is 0.814. The predicted octanol–water partition coefficient (Wildman–Crippen LogP) is 4.44. The van der Waals surface area contributed by atoms with Crippen molar-refractivity contribution < 1.29 is 4.39 Å². The summed E-state index contributed by atoms with van der Waals surface area (Å²) < 4.78 is 14.1. The van der Waals surface area contributed by atoms with Crippen molar-refractivity contribution in [1.29, 1.82) is 0 Å². The normalized spacial score (nSPS) is 18.6. The smallest absolute Gasteiger partial charge is 0.144 e. The van der Waals surface area contributed by atoms with Gasteiger partial charge in [0.25, 0.3) is 0 Å². The van der Waals surface area contributed by atoms with Gasteiger partial charge < -0.3 is 5.32 Å². The van der Waals surface area contributed by atoms with Crippen molar-refractivity contribution in [3.05, 3.63) is 34.6 Å². The largest absolute Gasteiger partial charge is 0.313 e. The van der Waals surface area contributed by atoms with Gasteiger partial charge in [0.1, 0.15) is 5.82 Å². The molecule has 19 heavy (non-hydrogen) atoms. The Labute approximate surface area is 120 Å². The Morgan fingerprint density at radius 2 is 2.11 bits per heavy atom. The van der Waals surface area contributed by atoms with Gasteiger partial charge in [-0.25, -0.2) is 4.39 Å². The lowest BCUT2D eigenvalue weighted by atomic mass is 9.74. The molecule has 1 unspecified atom stereocenters. The van der Waals surface area contributed by atoms with Crippen LogP contribution in [-0.4, -0.2) is 12.6 Å². The Morgan fingerprint density at radius 3 is 2.68 bits per heavy atom. The van der Waals surface area contributed by atoms with E-state index in [0.29, 0.717) is 12.0 Å². The van der Waals surface area contributed by atoms with Crippen LogP contribution in [0.15, 0.2) is 18.2 Å². The number of hydrogen-bond donors (Lipinski definition) is 1. The first kappa shape index (κ1) is 14.8. The summed E-state index contributed by atoms with van der Waals surface area (Å²) in [7, 11) is 0. The Morgan fingerprint density at radius 1 is 1.42 bits per heavy atom. The Balaban J connectivity index is 2.12. The molecule has 1 saturated carbocycles. The minimum Gasteiger partial charge on any atom is -0.313 e. The van der Waals surface area contributed by atoms with Gasteiger partial charge in [-0.2, -0.15) is 0 Å². The third-order valence-corrected chi connectivity index (χ3v) is 4.68. The second-order valence-corrected chi connectivity index (χ2v) is 6.76. The lowest BCUT2D eigenvalue weighted by molar-refractivity contribution is 0.204. The summed E-state index contributed by atoms with van der Waals surface area (Å²) in [6.07, 6.45) is 3.27. The van der Waals surface area contributed by atoms with Crippen LogP contribution in [0, 0.1) is 17.2 Å². The monoisotopic (exact) mass is 283 g/mol. The number of hydrogen-bond acceptors (Lipinski definition) is 1. The Hall–Kier alpha value is -0.600. The summed E-state index contributed by atoms with van der Waals surface area (Å²) in [4.78, 5) is 0. The van der Waals surface area contributed by atoms with Crippen LogP contribution in [0.3, 0.4) is 0 Å². The lowest BCUT2D eigenvalue weighted by Gasteiger charge is -2.34. The van der Waals surface area contributed by atoms with E-state index in [1.54, 1.807) is 6.07 Å². The van der Waals surface area contributed by atoms with Crippen molar-refractivity contribution in [3.8, 4) is 0 Å². The molecule has 1 aliphatic carbocycles.